The van der Waals surface area contributed by atoms with E-state index in [4.69, 9.17) is 11.6 Å². The molecule has 202 valence electrons. The van der Waals surface area contributed by atoms with Crippen LogP contribution >= 0.6 is 11.6 Å². The summed E-state index contributed by atoms with van der Waals surface area (Å²) in [7, 11) is 4.32. The maximum atomic E-state index is 13.7. The van der Waals surface area contributed by atoms with Crippen LogP contribution in [0.1, 0.15) is 63.0 Å². The summed E-state index contributed by atoms with van der Waals surface area (Å²) in [6.07, 6.45) is 10.1. The third-order valence-electron chi connectivity index (χ3n) is 8.60. The summed E-state index contributed by atoms with van der Waals surface area (Å²) in [6, 6.07) is 11.7. The largest absolute Gasteiger partial charge is 0.371 e. The first-order chi connectivity index (χ1) is 18.3. The topological polar surface area (TPSA) is 35.6 Å². The lowest BCUT2D eigenvalue weighted by molar-refractivity contribution is -0.118. The molecule has 0 radical (unpaired) electrons. The quantitative estimate of drug-likeness (QED) is 0.318. The van der Waals surface area contributed by atoms with Crippen molar-refractivity contribution in [2.24, 2.45) is 5.92 Å². The minimum absolute atomic E-state index is 0.111. The molecule has 3 aliphatic rings. The predicted molar refractivity (Wildman–Crippen MR) is 156 cm³/mol. The van der Waals surface area contributed by atoms with Crippen LogP contribution in [-0.4, -0.2) is 43.9 Å². The lowest BCUT2D eigenvalue weighted by Gasteiger charge is -2.33. The van der Waals surface area contributed by atoms with E-state index in [1.54, 1.807) is 12.1 Å². The number of nitrogens with one attached hydrogen (secondary N) is 1. The number of ketones is 1. The first-order valence-electron chi connectivity index (χ1n) is 14.0. The minimum Gasteiger partial charge on any atom is -0.371 e. The molecule has 5 rings (SSSR count). The number of anilines is 2. The average molecular weight is 536 g/mol. The van der Waals surface area contributed by atoms with Crippen LogP contribution in [0.5, 0.6) is 0 Å². The van der Waals surface area contributed by atoms with Gasteiger partial charge in [-0.2, -0.15) is 0 Å². The van der Waals surface area contributed by atoms with Gasteiger partial charge < -0.3 is 15.1 Å². The van der Waals surface area contributed by atoms with E-state index in [2.05, 4.69) is 48.3 Å². The molecule has 0 spiro atoms. The van der Waals surface area contributed by atoms with Crippen molar-refractivity contribution in [3.8, 4) is 0 Å². The molecule has 1 aliphatic carbocycles. The maximum absolute atomic E-state index is 13.7. The molecule has 38 heavy (non-hydrogen) atoms. The van der Waals surface area contributed by atoms with Crippen LogP contribution in [0.3, 0.4) is 0 Å². The zero-order valence-corrected chi connectivity index (χ0v) is 23.6. The molecule has 0 aromatic heterocycles. The van der Waals surface area contributed by atoms with E-state index in [0.717, 1.165) is 79.0 Å². The molecule has 0 bridgehead atoms. The zero-order valence-electron chi connectivity index (χ0n) is 22.8. The molecule has 2 aliphatic heterocycles. The van der Waals surface area contributed by atoms with Crippen LogP contribution < -0.4 is 10.2 Å². The number of nitrogens with zero attached hydrogens (tertiary/aromatic N) is 2. The monoisotopic (exact) mass is 535 g/mol. The maximum Gasteiger partial charge on any atom is 0.158 e. The van der Waals surface area contributed by atoms with Gasteiger partial charge in [0.1, 0.15) is 5.82 Å². The fourth-order valence-electron chi connectivity index (χ4n) is 6.23. The molecular formula is C32H39ClFN3O. The van der Waals surface area contributed by atoms with Crippen molar-refractivity contribution in [2.45, 2.75) is 64.3 Å². The molecular weight excluding hydrogens is 497 g/mol. The van der Waals surface area contributed by atoms with Crippen molar-refractivity contribution in [2.75, 3.05) is 37.4 Å². The summed E-state index contributed by atoms with van der Waals surface area (Å²) in [5.74, 6) is 0.217. The van der Waals surface area contributed by atoms with E-state index in [0.29, 0.717) is 23.3 Å². The minimum atomic E-state index is -0.216. The smallest absolute Gasteiger partial charge is 0.158 e. The Morgan fingerprint density at radius 2 is 1.87 bits per heavy atom. The number of hydrogen-bond acceptors (Lipinski definition) is 4. The van der Waals surface area contributed by atoms with Crippen molar-refractivity contribution in [1.82, 2.24) is 4.90 Å². The molecule has 2 aromatic carbocycles. The second kappa shape index (κ2) is 11.6. The van der Waals surface area contributed by atoms with Crippen molar-refractivity contribution >= 4 is 34.5 Å². The second-order valence-electron chi connectivity index (χ2n) is 11.4. The molecule has 1 N–H and O–H groups in total. The fourth-order valence-corrected chi connectivity index (χ4v) is 6.44. The van der Waals surface area contributed by atoms with Crippen LogP contribution in [0.25, 0.3) is 5.70 Å². The summed E-state index contributed by atoms with van der Waals surface area (Å²) in [6.45, 7) is 3.79. The molecule has 1 atom stereocenters. The van der Waals surface area contributed by atoms with Crippen LogP contribution in [0, 0.1) is 11.7 Å². The highest BCUT2D eigenvalue weighted by Crippen LogP contribution is 2.37. The Labute approximate surface area is 231 Å². The van der Waals surface area contributed by atoms with E-state index in [-0.39, 0.29) is 11.7 Å². The highest BCUT2D eigenvalue weighted by atomic mass is 35.5. The summed E-state index contributed by atoms with van der Waals surface area (Å²) in [4.78, 5) is 17.8. The highest BCUT2D eigenvalue weighted by Gasteiger charge is 2.26. The fraction of sp³-hybridized carbons (Fsp3) is 0.469. The standard InChI is InChI=1S/C32H39ClFN3O/c1-21-17-24-19-25(34)8-12-30(24)35-32(21)28-20-27(10-11-29(28)33)37-15-13-23(14-16-37)31(38)18-22-5-4-6-26(9-7-22)36(2)3/h8,10-12,18-20,23,26,35H,4-7,9,13-17H2,1-3H3/b22-18-. The lowest BCUT2D eigenvalue weighted by Crippen LogP contribution is -2.36. The van der Waals surface area contributed by atoms with E-state index < -0.39 is 0 Å². The third kappa shape index (κ3) is 6.00. The number of hydrogen-bond donors (Lipinski definition) is 1. The van der Waals surface area contributed by atoms with Crippen LogP contribution in [0.15, 0.2) is 53.6 Å². The third-order valence-corrected chi connectivity index (χ3v) is 8.93. The Morgan fingerprint density at radius 3 is 2.63 bits per heavy atom. The van der Waals surface area contributed by atoms with Crippen molar-refractivity contribution in [3.63, 3.8) is 0 Å². The Balaban J connectivity index is 1.24. The Bertz CT molecular complexity index is 1260. The van der Waals surface area contributed by atoms with E-state index in [1.165, 1.54) is 24.5 Å². The number of carbonyl (C=O) groups is 1. The normalized spacial score (nSPS) is 21.9. The number of rotatable bonds is 5. The molecule has 1 saturated heterocycles. The van der Waals surface area contributed by atoms with Gasteiger partial charge >= 0.3 is 0 Å². The van der Waals surface area contributed by atoms with Gasteiger partial charge in [0.05, 0.1) is 5.02 Å². The van der Waals surface area contributed by atoms with Crippen LogP contribution in [0.2, 0.25) is 5.02 Å². The van der Waals surface area contributed by atoms with Gasteiger partial charge in [-0.05, 0) is 126 Å². The molecule has 2 heterocycles. The van der Waals surface area contributed by atoms with Gasteiger partial charge in [0.2, 0.25) is 0 Å². The molecule has 1 unspecified atom stereocenters. The van der Waals surface area contributed by atoms with E-state index in [9.17, 15) is 9.18 Å². The van der Waals surface area contributed by atoms with Crippen molar-refractivity contribution < 1.29 is 9.18 Å². The summed E-state index contributed by atoms with van der Waals surface area (Å²) < 4.78 is 13.7. The number of piperidine rings is 1. The molecule has 6 heteroatoms. The Morgan fingerprint density at radius 1 is 1.08 bits per heavy atom. The van der Waals surface area contributed by atoms with Gasteiger partial charge in [-0.15, -0.1) is 0 Å². The highest BCUT2D eigenvalue weighted by molar-refractivity contribution is 6.32. The summed E-state index contributed by atoms with van der Waals surface area (Å²) in [5, 5.41) is 4.18. The van der Waals surface area contributed by atoms with Crippen LogP contribution in [-0.2, 0) is 11.2 Å². The first kappa shape index (κ1) is 27.0. The van der Waals surface area contributed by atoms with Crippen LogP contribution in [0.4, 0.5) is 15.8 Å². The molecule has 4 nitrogen and oxygen atoms in total. The molecule has 0 amide bonds. The Kier molecular flexibility index (Phi) is 8.25. The van der Waals surface area contributed by atoms with Gasteiger partial charge in [0.15, 0.2) is 5.78 Å². The lowest BCUT2D eigenvalue weighted by atomic mass is 9.90. The molecule has 1 saturated carbocycles. The zero-order chi connectivity index (χ0) is 26.8. The Hall–Kier alpha value is -2.63. The molecule has 2 fully saturated rings. The average Bonchev–Trinajstić information content (AvgIpc) is 3.14. The van der Waals surface area contributed by atoms with Gasteiger partial charge in [0.25, 0.3) is 0 Å². The first-order valence-corrected chi connectivity index (χ1v) is 14.4. The van der Waals surface area contributed by atoms with Crippen molar-refractivity contribution in [3.05, 3.63) is 75.6 Å². The summed E-state index contributed by atoms with van der Waals surface area (Å²) in [5.41, 5.74) is 7.44. The predicted octanol–water partition coefficient (Wildman–Crippen LogP) is 7.48. The van der Waals surface area contributed by atoms with Gasteiger partial charge in [-0.1, -0.05) is 17.2 Å². The number of allylic oxidation sites excluding steroid dienone is 3. The van der Waals surface area contributed by atoms with Gasteiger partial charge in [-0.25, -0.2) is 4.39 Å². The van der Waals surface area contributed by atoms with E-state index >= 15 is 0 Å². The van der Waals surface area contributed by atoms with Crippen molar-refractivity contribution in [1.29, 1.82) is 0 Å². The second-order valence-corrected chi connectivity index (χ2v) is 11.8. The van der Waals surface area contributed by atoms with Gasteiger partial charge in [-0.3, -0.25) is 4.79 Å². The number of fused-ring (bicyclic) bond motifs is 1. The number of benzene rings is 2. The molecule has 2 aromatic rings. The summed E-state index contributed by atoms with van der Waals surface area (Å²) >= 11 is 6.67. The number of carbonyl (C=O) groups excluding carboxylic acids is 1. The number of halogens is 2. The SMILES string of the molecule is CC1=C(c2cc(N3CCC(C(=O)/C=C4/CCCC(N(C)C)CC4)CC3)ccc2Cl)Nc2ccc(F)cc2C1. The van der Waals surface area contributed by atoms with Gasteiger partial charge in [0, 0.05) is 47.7 Å². The van der Waals surface area contributed by atoms with E-state index in [1.807, 2.05) is 12.1 Å².